The van der Waals surface area contributed by atoms with Gasteiger partial charge >= 0.3 is 5.97 Å². The van der Waals surface area contributed by atoms with E-state index >= 15 is 0 Å². The summed E-state index contributed by atoms with van der Waals surface area (Å²) in [7, 11) is -0.923. The van der Waals surface area contributed by atoms with Crippen LogP contribution in [0.2, 0.25) is 0 Å². The van der Waals surface area contributed by atoms with E-state index in [1.165, 1.54) is 11.8 Å². The highest BCUT2D eigenvalue weighted by Gasteiger charge is 2.11. The van der Waals surface area contributed by atoms with Crippen LogP contribution in [0.4, 0.5) is 0 Å². The van der Waals surface area contributed by atoms with Gasteiger partial charge in [0.05, 0.1) is 0 Å². The van der Waals surface area contributed by atoms with Crippen LogP contribution in [0.5, 0.6) is 0 Å². The minimum Gasteiger partial charge on any atom is -0.480 e. The topological polar surface area (TPSA) is 92.4 Å². The standard InChI is InChI=1S/C9H16N2O3S3/c1-17(14)5-3-2-4-11-9(15)16-6-7(10)8(12)13/h3,5,7H,2,4,6,10H2,1H3,(H,11,15)(H,12,13). The average Bonchev–Trinajstić information content (AvgIpc) is 2.24. The Balaban J connectivity index is 3.60. The van der Waals surface area contributed by atoms with Crippen LogP contribution in [-0.4, -0.2) is 44.2 Å². The summed E-state index contributed by atoms with van der Waals surface area (Å²) in [6.45, 7) is 0.627. The fraction of sp³-hybridized carbons (Fsp3) is 0.556. The Labute approximate surface area is 113 Å². The minimum atomic E-state index is -1.03. The monoisotopic (exact) mass is 296 g/mol. The van der Waals surface area contributed by atoms with Crippen molar-refractivity contribution in [1.82, 2.24) is 5.32 Å². The van der Waals surface area contributed by atoms with Crippen molar-refractivity contribution in [3.63, 3.8) is 0 Å². The Bertz CT molecular complexity index is 321. The summed E-state index contributed by atoms with van der Waals surface area (Å²) in [5.74, 6) is -0.788. The highest BCUT2D eigenvalue weighted by Crippen LogP contribution is 2.03. The molecule has 0 aliphatic heterocycles. The molecule has 0 aromatic heterocycles. The van der Waals surface area contributed by atoms with E-state index < -0.39 is 22.8 Å². The van der Waals surface area contributed by atoms with Gasteiger partial charge in [-0.15, -0.1) is 0 Å². The second-order valence-corrected chi connectivity index (χ2v) is 6.10. The van der Waals surface area contributed by atoms with Gasteiger partial charge in [-0.25, -0.2) is 0 Å². The van der Waals surface area contributed by atoms with Gasteiger partial charge in [0.15, 0.2) is 0 Å². The molecule has 0 heterocycles. The van der Waals surface area contributed by atoms with Gasteiger partial charge in [0, 0.05) is 29.4 Å². The van der Waals surface area contributed by atoms with Gasteiger partial charge in [0.2, 0.25) is 0 Å². The van der Waals surface area contributed by atoms with Crippen LogP contribution in [0, 0.1) is 0 Å². The largest absolute Gasteiger partial charge is 0.480 e. The first kappa shape index (κ1) is 16.6. The molecule has 0 aliphatic rings. The first-order valence-corrected chi connectivity index (χ1v) is 7.83. The van der Waals surface area contributed by atoms with Crippen molar-refractivity contribution < 1.29 is 14.1 Å². The summed E-state index contributed by atoms with van der Waals surface area (Å²) >= 11 is 6.19. The van der Waals surface area contributed by atoms with Gasteiger partial charge < -0.3 is 16.2 Å². The summed E-state index contributed by atoms with van der Waals surface area (Å²) < 4.78 is 11.2. The Morgan fingerprint density at radius 2 is 2.35 bits per heavy atom. The van der Waals surface area contributed by atoms with Gasteiger partial charge in [-0.3, -0.25) is 9.00 Å². The Hall–Kier alpha value is -0.440. The van der Waals surface area contributed by atoms with Crippen LogP contribution in [0.3, 0.4) is 0 Å². The first-order chi connectivity index (χ1) is 7.93. The molecule has 5 nitrogen and oxygen atoms in total. The summed E-state index contributed by atoms with van der Waals surface area (Å²) in [4.78, 5) is 10.4. The third kappa shape index (κ3) is 10.4. The van der Waals surface area contributed by atoms with Crippen LogP contribution in [0.1, 0.15) is 6.42 Å². The van der Waals surface area contributed by atoms with Crippen molar-refractivity contribution in [1.29, 1.82) is 0 Å². The summed E-state index contributed by atoms with van der Waals surface area (Å²) in [6.07, 6.45) is 4.11. The molecule has 0 radical (unpaired) electrons. The van der Waals surface area contributed by atoms with Gasteiger partial charge in [-0.05, 0) is 11.8 Å². The molecule has 4 N–H and O–H groups in total. The van der Waals surface area contributed by atoms with Crippen LogP contribution in [0.25, 0.3) is 0 Å². The van der Waals surface area contributed by atoms with E-state index in [4.69, 9.17) is 23.1 Å². The van der Waals surface area contributed by atoms with Gasteiger partial charge in [0.25, 0.3) is 0 Å². The molecule has 8 heteroatoms. The van der Waals surface area contributed by atoms with E-state index in [0.29, 0.717) is 17.3 Å². The third-order valence-corrected chi connectivity index (χ3v) is 3.59. The Kier molecular flexibility index (Phi) is 9.33. The number of hydrogen-bond donors (Lipinski definition) is 3. The molecule has 0 saturated carbocycles. The van der Waals surface area contributed by atoms with E-state index in [-0.39, 0.29) is 5.75 Å². The molecule has 98 valence electrons. The normalized spacial score (nSPS) is 14.5. The zero-order chi connectivity index (χ0) is 13.3. The van der Waals surface area contributed by atoms with Crippen molar-refractivity contribution in [2.75, 3.05) is 18.6 Å². The number of aliphatic carboxylic acids is 1. The Morgan fingerprint density at radius 1 is 1.71 bits per heavy atom. The zero-order valence-electron chi connectivity index (χ0n) is 9.42. The van der Waals surface area contributed by atoms with E-state index in [2.05, 4.69) is 5.32 Å². The van der Waals surface area contributed by atoms with Crippen molar-refractivity contribution in [3.8, 4) is 0 Å². The molecule has 0 rings (SSSR count). The number of nitrogens with one attached hydrogen (secondary N) is 1. The van der Waals surface area contributed by atoms with E-state index in [9.17, 15) is 9.00 Å². The third-order valence-electron chi connectivity index (χ3n) is 1.58. The summed E-state index contributed by atoms with van der Waals surface area (Å²) in [6, 6.07) is -0.901. The van der Waals surface area contributed by atoms with Gasteiger partial charge in [-0.1, -0.05) is 30.1 Å². The fourth-order valence-electron chi connectivity index (χ4n) is 0.749. The van der Waals surface area contributed by atoms with Crippen molar-refractivity contribution >= 4 is 45.1 Å². The molecule has 0 amide bonds. The van der Waals surface area contributed by atoms with Crippen LogP contribution in [-0.2, 0) is 15.6 Å². The molecular formula is C9H16N2O3S3. The van der Waals surface area contributed by atoms with Crippen molar-refractivity contribution in [2.24, 2.45) is 5.73 Å². The molecule has 2 unspecified atom stereocenters. The molecule has 0 aromatic rings. The fourth-order valence-corrected chi connectivity index (χ4v) is 2.14. The molecule has 0 spiro atoms. The number of nitrogens with two attached hydrogens (primary N) is 1. The maximum absolute atomic E-state index is 10.7. The van der Waals surface area contributed by atoms with E-state index in [0.717, 1.165) is 0 Å². The molecular weight excluding hydrogens is 280 g/mol. The summed E-state index contributed by atoms with van der Waals surface area (Å²) in [5, 5.41) is 13.1. The molecule has 0 saturated heterocycles. The highest BCUT2D eigenvalue weighted by molar-refractivity contribution is 8.23. The van der Waals surface area contributed by atoms with E-state index in [1.54, 1.807) is 17.7 Å². The number of rotatable bonds is 7. The predicted molar refractivity (Wildman–Crippen MR) is 76.5 cm³/mol. The van der Waals surface area contributed by atoms with Crippen LogP contribution < -0.4 is 11.1 Å². The second-order valence-electron chi connectivity index (χ2n) is 3.13. The lowest BCUT2D eigenvalue weighted by Gasteiger charge is -2.08. The lowest BCUT2D eigenvalue weighted by molar-refractivity contribution is -0.137. The lowest BCUT2D eigenvalue weighted by Crippen LogP contribution is -2.33. The highest BCUT2D eigenvalue weighted by atomic mass is 32.2. The molecule has 2 atom stereocenters. The van der Waals surface area contributed by atoms with Crippen LogP contribution >= 0.6 is 24.0 Å². The molecule has 17 heavy (non-hydrogen) atoms. The Morgan fingerprint density at radius 3 is 2.88 bits per heavy atom. The maximum Gasteiger partial charge on any atom is 0.321 e. The minimum absolute atomic E-state index is 0.246. The number of carbonyl (C=O) groups is 1. The summed E-state index contributed by atoms with van der Waals surface area (Å²) in [5.41, 5.74) is 5.32. The quantitative estimate of drug-likeness (QED) is 0.459. The number of thiocarbonyl (C=S) groups is 1. The molecule has 0 aromatic carbocycles. The van der Waals surface area contributed by atoms with Crippen molar-refractivity contribution in [3.05, 3.63) is 11.5 Å². The number of carboxylic acids is 1. The van der Waals surface area contributed by atoms with Gasteiger partial charge in [-0.2, -0.15) is 0 Å². The average molecular weight is 296 g/mol. The first-order valence-electron chi connectivity index (χ1n) is 4.81. The molecule has 0 fully saturated rings. The molecule has 0 bridgehead atoms. The predicted octanol–water partition coefficient (Wildman–Crippen LogP) is 0.288. The number of hydrogen-bond acceptors (Lipinski definition) is 5. The lowest BCUT2D eigenvalue weighted by atomic mass is 10.4. The van der Waals surface area contributed by atoms with E-state index in [1.807, 2.05) is 0 Å². The molecule has 0 aliphatic carbocycles. The SMILES string of the molecule is CS(=O)C=CCCNC(=S)SCC(N)C(=O)O. The van der Waals surface area contributed by atoms with Crippen molar-refractivity contribution in [2.45, 2.75) is 12.5 Å². The smallest absolute Gasteiger partial charge is 0.321 e. The number of carboxylic acid groups (broad SMARTS) is 1. The zero-order valence-corrected chi connectivity index (χ0v) is 11.9. The second kappa shape index (κ2) is 9.58. The van der Waals surface area contributed by atoms with Gasteiger partial charge in [0.1, 0.15) is 10.4 Å². The maximum atomic E-state index is 10.7. The van der Waals surface area contributed by atoms with Crippen LogP contribution in [0.15, 0.2) is 11.5 Å². The number of thioether (sulfide) groups is 1.